The SMILES string of the molecule is CC(=O)c1ccc(S(=O)(=O)NCCOc2ccc(C(C)(C)C)cc2)cc1. The topological polar surface area (TPSA) is 72.5 Å². The molecule has 0 heterocycles. The van der Waals surface area contributed by atoms with Gasteiger partial charge in [0.1, 0.15) is 12.4 Å². The summed E-state index contributed by atoms with van der Waals surface area (Å²) in [5.41, 5.74) is 1.76. The lowest BCUT2D eigenvalue weighted by molar-refractivity contribution is 0.101. The first-order valence-electron chi connectivity index (χ1n) is 8.43. The fraction of sp³-hybridized carbons (Fsp3) is 0.350. The van der Waals surface area contributed by atoms with Gasteiger partial charge in [0.25, 0.3) is 0 Å². The Morgan fingerprint density at radius 2 is 1.58 bits per heavy atom. The van der Waals surface area contributed by atoms with Gasteiger partial charge in [-0.25, -0.2) is 13.1 Å². The van der Waals surface area contributed by atoms with Crippen molar-refractivity contribution < 1.29 is 17.9 Å². The Labute approximate surface area is 155 Å². The van der Waals surface area contributed by atoms with Gasteiger partial charge in [0, 0.05) is 12.1 Å². The maximum atomic E-state index is 12.2. The van der Waals surface area contributed by atoms with Crippen LogP contribution in [0.15, 0.2) is 53.4 Å². The molecule has 0 unspecified atom stereocenters. The molecule has 0 fully saturated rings. The van der Waals surface area contributed by atoms with E-state index < -0.39 is 10.0 Å². The average Bonchev–Trinajstić information content (AvgIpc) is 2.58. The van der Waals surface area contributed by atoms with Crippen molar-refractivity contribution in [2.75, 3.05) is 13.2 Å². The number of rotatable bonds is 7. The summed E-state index contributed by atoms with van der Waals surface area (Å²) in [6.07, 6.45) is 0. The molecule has 0 aromatic heterocycles. The molecular formula is C20H25NO4S. The molecule has 0 saturated heterocycles. The Kier molecular flexibility index (Phi) is 6.21. The molecule has 2 aromatic rings. The minimum absolute atomic E-state index is 0.0755. The third-order valence-electron chi connectivity index (χ3n) is 3.95. The lowest BCUT2D eigenvalue weighted by Gasteiger charge is -2.19. The number of sulfonamides is 1. The van der Waals surface area contributed by atoms with Crippen molar-refractivity contribution in [3.8, 4) is 5.75 Å². The third kappa shape index (κ3) is 5.41. The lowest BCUT2D eigenvalue weighted by atomic mass is 9.87. The molecule has 2 aromatic carbocycles. The number of hydrogen-bond acceptors (Lipinski definition) is 4. The van der Waals surface area contributed by atoms with Gasteiger partial charge in [0.15, 0.2) is 5.78 Å². The highest BCUT2D eigenvalue weighted by Gasteiger charge is 2.14. The zero-order valence-corrected chi connectivity index (χ0v) is 16.4. The van der Waals surface area contributed by atoms with Crippen LogP contribution in [0, 0.1) is 0 Å². The number of ketones is 1. The molecule has 0 aliphatic heterocycles. The van der Waals surface area contributed by atoms with Crippen molar-refractivity contribution in [2.45, 2.75) is 38.0 Å². The molecule has 26 heavy (non-hydrogen) atoms. The van der Waals surface area contributed by atoms with E-state index in [1.165, 1.54) is 36.8 Å². The van der Waals surface area contributed by atoms with Crippen molar-refractivity contribution >= 4 is 15.8 Å². The summed E-state index contributed by atoms with van der Waals surface area (Å²) in [6.45, 7) is 8.23. The Hall–Kier alpha value is -2.18. The first-order valence-corrected chi connectivity index (χ1v) is 9.92. The average molecular weight is 375 g/mol. The van der Waals surface area contributed by atoms with E-state index in [2.05, 4.69) is 25.5 Å². The lowest BCUT2D eigenvalue weighted by Crippen LogP contribution is -2.28. The first kappa shape index (κ1) is 20.1. The molecule has 6 heteroatoms. The summed E-state index contributed by atoms with van der Waals surface area (Å²) in [7, 11) is -3.62. The van der Waals surface area contributed by atoms with Crippen LogP contribution >= 0.6 is 0 Å². The highest BCUT2D eigenvalue weighted by molar-refractivity contribution is 7.89. The molecule has 1 N–H and O–H groups in total. The molecule has 0 spiro atoms. The minimum Gasteiger partial charge on any atom is -0.492 e. The third-order valence-corrected chi connectivity index (χ3v) is 5.43. The second kappa shape index (κ2) is 8.01. The Bertz CT molecular complexity index is 848. The minimum atomic E-state index is -3.62. The van der Waals surface area contributed by atoms with E-state index in [1.54, 1.807) is 0 Å². The number of ether oxygens (including phenoxy) is 1. The predicted molar refractivity (Wildman–Crippen MR) is 102 cm³/mol. The highest BCUT2D eigenvalue weighted by atomic mass is 32.2. The number of Topliss-reactive ketones (excluding diaryl/α,β-unsaturated/α-hetero) is 1. The van der Waals surface area contributed by atoms with Crippen LogP contribution in [0.25, 0.3) is 0 Å². The fourth-order valence-corrected chi connectivity index (χ4v) is 3.36. The van der Waals surface area contributed by atoms with Crippen molar-refractivity contribution in [3.63, 3.8) is 0 Å². The molecule has 0 radical (unpaired) electrons. The highest BCUT2D eigenvalue weighted by Crippen LogP contribution is 2.24. The molecule has 140 valence electrons. The van der Waals surface area contributed by atoms with E-state index in [-0.39, 0.29) is 29.2 Å². The van der Waals surface area contributed by atoms with Gasteiger partial charge in [-0.05, 0) is 42.2 Å². The quantitative estimate of drug-likeness (QED) is 0.593. The second-order valence-corrected chi connectivity index (χ2v) is 8.87. The summed E-state index contributed by atoms with van der Waals surface area (Å²) in [5.74, 6) is 0.593. The molecular weight excluding hydrogens is 350 g/mol. The van der Waals surface area contributed by atoms with E-state index in [9.17, 15) is 13.2 Å². The van der Waals surface area contributed by atoms with Crippen molar-refractivity contribution in [1.29, 1.82) is 0 Å². The molecule has 2 rings (SSSR count). The van der Waals surface area contributed by atoms with Gasteiger partial charge in [-0.15, -0.1) is 0 Å². The normalized spacial score (nSPS) is 12.0. The molecule has 0 atom stereocenters. The monoisotopic (exact) mass is 375 g/mol. The van der Waals surface area contributed by atoms with Gasteiger partial charge in [0.05, 0.1) is 4.90 Å². The van der Waals surface area contributed by atoms with Crippen LogP contribution in [0.3, 0.4) is 0 Å². The standard InChI is InChI=1S/C20H25NO4S/c1-15(22)16-5-11-19(12-6-16)26(23,24)21-13-14-25-18-9-7-17(8-10-18)20(2,3)4/h5-12,21H,13-14H2,1-4H3. The fourth-order valence-electron chi connectivity index (χ4n) is 2.35. The zero-order chi connectivity index (χ0) is 19.4. The van der Waals surface area contributed by atoms with E-state index in [4.69, 9.17) is 4.74 Å². The number of carbonyl (C=O) groups is 1. The van der Waals surface area contributed by atoms with Crippen LogP contribution in [-0.4, -0.2) is 27.4 Å². The van der Waals surface area contributed by atoms with Crippen molar-refractivity contribution in [1.82, 2.24) is 4.72 Å². The van der Waals surface area contributed by atoms with Gasteiger partial charge in [-0.2, -0.15) is 0 Å². The van der Waals surface area contributed by atoms with E-state index in [0.29, 0.717) is 11.3 Å². The summed E-state index contributed by atoms with van der Waals surface area (Å²) in [4.78, 5) is 11.4. The zero-order valence-electron chi connectivity index (χ0n) is 15.6. The van der Waals surface area contributed by atoms with Gasteiger partial charge in [-0.3, -0.25) is 4.79 Å². The summed E-state index contributed by atoms with van der Waals surface area (Å²) >= 11 is 0. The van der Waals surface area contributed by atoms with Crippen LogP contribution in [0.5, 0.6) is 5.75 Å². The van der Waals surface area contributed by atoms with E-state index >= 15 is 0 Å². The van der Waals surface area contributed by atoms with Crippen LogP contribution in [0.2, 0.25) is 0 Å². The number of benzene rings is 2. The van der Waals surface area contributed by atoms with Gasteiger partial charge in [-0.1, -0.05) is 45.0 Å². The Morgan fingerprint density at radius 1 is 1.00 bits per heavy atom. The Balaban J connectivity index is 1.87. The van der Waals surface area contributed by atoms with Crippen LogP contribution < -0.4 is 9.46 Å². The van der Waals surface area contributed by atoms with Gasteiger partial charge >= 0.3 is 0 Å². The number of hydrogen-bond donors (Lipinski definition) is 1. The van der Waals surface area contributed by atoms with Gasteiger partial charge in [0.2, 0.25) is 10.0 Å². The summed E-state index contributed by atoms with van der Waals surface area (Å²) in [5, 5.41) is 0. The number of nitrogens with one attached hydrogen (secondary N) is 1. The summed E-state index contributed by atoms with van der Waals surface area (Å²) < 4.78 is 32.5. The first-order chi connectivity index (χ1) is 12.1. The maximum Gasteiger partial charge on any atom is 0.240 e. The smallest absolute Gasteiger partial charge is 0.240 e. The molecule has 0 aliphatic carbocycles. The molecule has 5 nitrogen and oxygen atoms in total. The van der Waals surface area contributed by atoms with Crippen molar-refractivity contribution in [3.05, 3.63) is 59.7 Å². The molecule has 0 saturated carbocycles. The summed E-state index contributed by atoms with van der Waals surface area (Å²) in [6, 6.07) is 13.6. The second-order valence-electron chi connectivity index (χ2n) is 7.10. The largest absolute Gasteiger partial charge is 0.492 e. The van der Waals surface area contributed by atoms with E-state index in [0.717, 1.165) is 0 Å². The molecule has 0 aliphatic rings. The van der Waals surface area contributed by atoms with Gasteiger partial charge < -0.3 is 4.74 Å². The van der Waals surface area contributed by atoms with Crippen LogP contribution in [0.4, 0.5) is 0 Å². The maximum absolute atomic E-state index is 12.2. The Morgan fingerprint density at radius 3 is 2.08 bits per heavy atom. The van der Waals surface area contributed by atoms with Crippen LogP contribution in [-0.2, 0) is 15.4 Å². The number of carbonyl (C=O) groups excluding carboxylic acids is 1. The van der Waals surface area contributed by atoms with Crippen molar-refractivity contribution in [2.24, 2.45) is 0 Å². The predicted octanol–water partition coefficient (Wildman–Crippen LogP) is 3.54. The van der Waals surface area contributed by atoms with Crippen LogP contribution in [0.1, 0.15) is 43.6 Å². The molecule has 0 amide bonds. The molecule has 0 bridgehead atoms. The van der Waals surface area contributed by atoms with E-state index in [1.807, 2.05) is 24.3 Å².